The van der Waals surface area contributed by atoms with Crippen LogP contribution in [0.15, 0.2) is 36.7 Å². The summed E-state index contributed by atoms with van der Waals surface area (Å²) in [5.41, 5.74) is 1.36. The molecule has 11 heteroatoms. The zero-order chi connectivity index (χ0) is 24.7. The molecule has 0 amide bonds. The Labute approximate surface area is 206 Å². The van der Waals surface area contributed by atoms with Gasteiger partial charge >= 0.3 is 6.18 Å². The molecule has 3 fully saturated rings. The molecule has 188 valence electrons. The Morgan fingerprint density at radius 2 is 1.92 bits per heavy atom. The van der Waals surface area contributed by atoms with Gasteiger partial charge in [0.25, 0.3) is 0 Å². The Balaban J connectivity index is 1.10. The minimum absolute atomic E-state index is 0.315. The van der Waals surface area contributed by atoms with E-state index in [-0.39, 0.29) is 0 Å². The first-order chi connectivity index (χ1) is 17.3. The number of rotatable bonds is 4. The van der Waals surface area contributed by atoms with E-state index in [2.05, 4.69) is 26.3 Å². The van der Waals surface area contributed by atoms with Gasteiger partial charge in [-0.2, -0.15) is 18.2 Å². The number of hydrogen-bond acceptors (Lipinski definition) is 7. The largest absolute Gasteiger partial charge is 0.416 e. The smallest absolute Gasteiger partial charge is 0.356 e. The van der Waals surface area contributed by atoms with Gasteiger partial charge in [-0.05, 0) is 61.8 Å². The first-order valence-corrected chi connectivity index (χ1v) is 12.5. The minimum atomic E-state index is -4.35. The number of halogens is 3. The summed E-state index contributed by atoms with van der Waals surface area (Å²) in [7, 11) is 0. The van der Waals surface area contributed by atoms with Crippen LogP contribution in [0.5, 0.6) is 0 Å². The molecule has 0 radical (unpaired) electrons. The molecule has 2 saturated carbocycles. The highest BCUT2D eigenvalue weighted by atomic mass is 19.4. The van der Waals surface area contributed by atoms with Crippen LogP contribution < -0.4 is 15.1 Å². The van der Waals surface area contributed by atoms with Crippen molar-refractivity contribution in [3.8, 4) is 0 Å². The molecule has 1 spiro atoms. The quantitative estimate of drug-likeness (QED) is 0.578. The van der Waals surface area contributed by atoms with Crippen molar-refractivity contribution in [2.24, 2.45) is 17.3 Å². The van der Waals surface area contributed by atoms with Crippen LogP contribution in [-0.2, 0) is 12.7 Å². The first kappa shape index (κ1) is 21.9. The number of aryl methyl sites for hydroxylation is 2. The molecule has 1 saturated heterocycles. The molecule has 2 aliphatic carbocycles. The fraction of sp³-hybridized carbons (Fsp3) is 0.520. The summed E-state index contributed by atoms with van der Waals surface area (Å²) in [4.78, 5) is 17.9. The Morgan fingerprint density at radius 1 is 1.08 bits per heavy atom. The van der Waals surface area contributed by atoms with E-state index in [1.807, 2.05) is 16.5 Å². The number of fused-ring (bicyclic) bond motifs is 1. The van der Waals surface area contributed by atoms with Gasteiger partial charge < -0.3 is 15.1 Å². The molecule has 1 N–H and O–H groups in total. The van der Waals surface area contributed by atoms with E-state index in [0.717, 1.165) is 49.7 Å². The standard InChI is InChI=1S/C25H27F3N8/c1-15-11-20(30-14-29-15)34-12-19-21(18-7-8-24(18,19)13-34)31-22-32-23-35(9-2-10-36(23)33-22)17-5-3-16(4-6-17)25(26,27)28/h3-6,11,14,18-19,21H,2,7-10,12-13H2,1H3,(H,31,33)/t18?,19-,21+,24?/m0/s1. The topological polar surface area (TPSA) is 75.0 Å². The molecule has 2 aliphatic heterocycles. The van der Waals surface area contributed by atoms with E-state index in [1.54, 1.807) is 6.33 Å². The normalized spacial score (nSPS) is 28.6. The molecule has 4 heterocycles. The molecule has 8 nitrogen and oxygen atoms in total. The predicted molar refractivity (Wildman–Crippen MR) is 128 cm³/mol. The highest BCUT2D eigenvalue weighted by Crippen LogP contribution is 2.68. The van der Waals surface area contributed by atoms with Crippen molar-refractivity contribution in [3.05, 3.63) is 47.9 Å². The van der Waals surface area contributed by atoms with Crippen molar-refractivity contribution >= 4 is 23.4 Å². The van der Waals surface area contributed by atoms with Crippen LogP contribution >= 0.6 is 0 Å². The lowest BCUT2D eigenvalue weighted by Gasteiger charge is -2.65. The summed E-state index contributed by atoms with van der Waals surface area (Å²) < 4.78 is 40.9. The number of nitrogens with one attached hydrogen (secondary N) is 1. The van der Waals surface area contributed by atoms with Crippen molar-refractivity contribution in [2.75, 3.05) is 34.8 Å². The number of aromatic nitrogens is 5. The lowest BCUT2D eigenvalue weighted by atomic mass is 9.41. The highest BCUT2D eigenvalue weighted by molar-refractivity contribution is 5.60. The monoisotopic (exact) mass is 496 g/mol. The summed E-state index contributed by atoms with van der Waals surface area (Å²) in [6.45, 7) is 5.41. The number of alkyl halides is 3. The molecule has 36 heavy (non-hydrogen) atoms. The van der Waals surface area contributed by atoms with Crippen molar-refractivity contribution in [1.29, 1.82) is 0 Å². The highest BCUT2D eigenvalue weighted by Gasteiger charge is 2.70. The van der Waals surface area contributed by atoms with Crippen LogP contribution in [-0.4, -0.2) is 50.4 Å². The van der Waals surface area contributed by atoms with E-state index >= 15 is 0 Å². The Hall–Kier alpha value is -3.37. The zero-order valence-electron chi connectivity index (χ0n) is 19.9. The van der Waals surface area contributed by atoms with Gasteiger partial charge in [0.2, 0.25) is 11.9 Å². The van der Waals surface area contributed by atoms with Gasteiger partial charge in [-0.15, -0.1) is 5.10 Å². The van der Waals surface area contributed by atoms with Crippen molar-refractivity contribution in [3.63, 3.8) is 0 Å². The summed E-state index contributed by atoms with van der Waals surface area (Å²) in [5, 5.41) is 8.37. The average Bonchev–Trinajstić information content (AvgIpc) is 3.44. The molecule has 2 aromatic heterocycles. The van der Waals surface area contributed by atoms with Gasteiger partial charge in [0, 0.05) is 55.6 Å². The van der Waals surface area contributed by atoms with Crippen LogP contribution in [0.25, 0.3) is 0 Å². The second-order valence-electron chi connectivity index (χ2n) is 10.6. The fourth-order valence-corrected chi connectivity index (χ4v) is 6.90. The lowest BCUT2D eigenvalue weighted by Crippen LogP contribution is -2.68. The predicted octanol–water partition coefficient (Wildman–Crippen LogP) is 4.26. The lowest BCUT2D eigenvalue weighted by molar-refractivity contribution is -0.137. The summed E-state index contributed by atoms with van der Waals surface area (Å²) in [6, 6.07) is 7.64. The van der Waals surface area contributed by atoms with Crippen molar-refractivity contribution in [2.45, 2.75) is 44.9 Å². The SMILES string of the molecule is Cc1cc(N2C[C@H]3[C@H](Nc4nc5n(n4)CCCN5c4ccc(C(F)(F)F)cc4)C4CCC43C2)ncn1. The Bertz CT molecular complexity index is 1310. The third kappa shape index (κ3) is 3.20. The van der Waals surface area contributed by atoms with Gasteiger partial charge in [-0.25, -0.2) is 14.6 Å². The van der Waals surface area contributed by atoms with Crippen LogP contribution in [0.1, 0.15) is 30.5 Å². The van der Waals surface area contributed by atoms with E-state index in [1.165, 1.54) is 25.0 Å². The molecule has 2 unspecified atom stereocenters. The van der Waals surface area contributed by atoms with Gasteiger partial charge in [-0.1, -0.05) is 0 Å². The number of benzene rings is 1. The third-order valence-corrected chi connectivity index (χ3v) is 8.73. The van der Waals surface area contributed by atoms with Crippen LogP contribution in [0, 0.1) is 24.2 Å². The average molecular weight is 497 g/mol. The summed E-state index contributed by atoms with van der Waals surface area (Å²) >= 11 is 0. The Morgan fingerprint density at radius 3 is 2.64 bits per heavy atom. The summed E-state index contributed by atoms with van der Waals surface area (Å²) in [5.74, 6) is 3.39. The van der Waals surface area contributed by atoms with Crippen molar-refractivity contribution < 1.29 is 13.2 Å². The molecule has 3 aromatic rings. The second-order valence-corrected chi connectivity index (χ2v) is 10.6. The molecular weight excluding hydrogens is 469 g/mol. The molecule has 4 atom stereocenters. The maximum absolute atomic E-state index is 13.0. The maximum Gasteiger partial charge on any atom is 0.416 e. The van der Waals surface area contributed by atoms with E-state index in [0.29, 0.717) is 47.4 Å². The van der Waals surface area contributed by atoms with Crippen LogP contribution in [0.4, 0.5) is 36.6 Å². The second kappa shape index (κ2) is 7.57. The minimum Gasteiger partial charge on any atom is -0.356 e. The first-order valence-electron chi connectivity index (χ1n) is 12.5. The zero-order valence-corrected chi connectivity index (χ0v) is 19.9. The number of nitrogens with zero attached hydrogens (tertiary/aromatic N) is 7. The number of anilines is 4. The summed E-state index contributed by atoms with van der Waals surface area (Å²) in [6.07, 6.45) is 0.589. The van der Waals surface area contributed by atoms with Crippen LogP contribution in [0.3, 0.4) is 0 Å². The fourth-order valence-electron chi connectivity index (χ4n) is 6.90. The van der Waals surface area contributed by atoms with Gasteiger partial charge in [0.15, 0.2) is 0 Å². The number of hydrogen-bond donors (Lipinski definition) is 1. The van der Waals surface area contributed by atoms with Gasteiger partial charge in [0.1, 0.15) is 12.1 Å². The molecule has 7 rings (SSSR count). The third-order valence-electron chi connectivity index (χ3n) is 8.73. The van der Waals surface area contributed by atoms with Crippen molar-refractivity contribution in [1.82, 2.24) is 24.7 Å². The molecule has 1 aromatic carbocycles. The molecule has 4 aliphatic rings. The van der Waals surface area contributed by atoms with E-state index in [4.69, 9.17) is 10.1 Å². The molecule has 0 bridgehead atoms. The Kier molecular flexibility index (Phi) is 4.60. The van der Waals surface area contributed by atoms with E-state index < -0.39 is 11.7 Å². The maximum atomic E-state index is 13.0. The van der Waals surface area contributed by atoms with E-state index in [9.17, 15) is 13.2 Å². The van der Waals surface area contributed by atoms with Gasteiger partial charge in [0.05, 0.1) is 5.56 Å². The molecular formula is C25H27F3N8. The van der Waals surface area contributed by atoms with Crippen LogP contribution in [0.2, 0.25) is 0 Å². The van der Waals surface area contributed by atoms with Gasteiger partial charge in [-0.3, -0.25) is 0 Å².